The van der Waals surface area contributed by atoms with Crippen molar-refractivity contribution in [2.75, 3.05) is 0 Å². The summed E-state index contributed by atoms with van der Waals surface area (Å²) in [6, 6.07) is 58.8. The van der Waals surface area contributed by atoms with Gasteiger partial charge in [-0.05, 0) is 110 Å². The van der Waals surface area contributed by atoms with Crippen molar-refractivity contribution in [1.29, 1.82) is 0 Å². The third-order valence-electron chi connectivity index (χ3n) is 11.7. The normalized spacial score (nSPS) is 10.3. The number of para-hydroxylation sites is 1. The van der Waals surface area contributed by atoms with Gasteiger partial charge in [0, 0.05) is 75.8 Å². The largest absolute Gasteiger partial charge is 0.344 e. The lowest BCUT2D eigenvalue weighted by Gasteiger charge is -2.05. The van der Waals surface area contributed by atoms with Crippen molar-refractivity contribution in [2.24, 2.45) is 28.2 Å². The Kier molecular flexibility index (Phi) is 17.6. The Morgan fingerprint density at radius 3 is 1.51 bits per heavy atom. The van der Waals surface area contributed by atoms with E-state index in [2.05, 4.69) is 208 Å². The second-order valence-corrected chi connectivity index (χ2v) is 17.2. The van der Waals surface area contributed by atoms with E-state index in [1.54, 1.807) is 6.92 Å². The Bertz CT molecular complexity index is 3180. The Balaban J connectivity index is 0.000000166. The number of aryl methyl sites for hydroxylation is 8. The number of fused-ring (bicyclic) bond motifs is 2. The van der Waals surface area contributed by atoms with Gasteiger partial charge in [-0.25, -0.2) is 22.5 Å². The zero-order chi connectivity index (χ0) is 46.0. The van der Waals surface area contributed by atoms with Crippen LogP contribution >= 0.6 is 11.3 Å². The van der Waals surface area contributed by atoms with E-state index in [0.717, 1.165) is 11.8 Å². The molecule has 0 unspecified atom stereocenters. The minimum absolute atomic E-state index is 0. The number of rotatable bonds is 4. The second-order valence-electron chi connectivity index (χ2n) is 16.2. The van der Waals surface area contributed by atoms with E-state index in [0.29, 0.717) is 11.1 Å². The summed E-state index contributed by atoms with van der Waals surface area (Å²) in [5, 5.41) is 2.65. The van der Waals surface area contributed by atoms with E-state index in [-0.39, 0.29) is 13.6 Å². The first kappa shape index (κ1) is 50.7. The van der Waals surface area contributed by atoms with Crippen molar-refractivity contribution in [3.63, 3.8) is 0 Å². The summed E-state index contributed by atoms with van der Waals surface area (Å²) in [5.74, 6) is -1.07. The molecule has 0 radical (unpaired) electrons. The molecule has 5 aromatic heterocycles. The molecule has 67 heavy (non-hydrogen) atoms. The van der Waals surface area contributed by atoms with Crippen LogP contribution in [0, 0.1) is 39.3 Å². The van der Waals surface area contributed by atoms with Gasteiger partial charge in [0.2, 0.25) is 28.3 Å². The van der Waals surface area contributed by atoms with Crippen LogP contribution in [0.15, 0.2) is 195 Å². The summed E-state index contributed by atoms with van der Waals surface area (Å²) in [4.78, 5) is 1.37. The number of thiophene rings is 1. The average molecular weight is 912 g/mol. The molecular formula is C59H63F2N5S+4. The molecule has 0 aliphatic rings. The van der Waals surface area contributed by atoms with Gasteiger partial charge in [-0.15, -0.1) is 11.3 Å². The van der Waals surface area contributed by atoms with E-state index < -0.39 is 11.6 Å². The molecule has 0 aliphatic heterocycles. The second kappa shape index (κ2) is 23.3. The van der Waals surface area contributed by atoms with Crippen LogP contribution in [-0.2, 0) is 28.2 Å². The smallest absolute Gasteiger partial charge is 0.222 e. The number of hydrogen-bond donors (Lipinski definition) is 1. The summed E-state index contributed by atoms with van der Waals surface area (Å²) in [6.07, 6.45) is 6.00. The van der Waals surface area contributed by atoms with E-state index in [1.165, 1.54) is 76.8 Å². The fourth-order valence-corrected chi connectivity index (χ4v) is 9.40. The van der Waals surface area contributed by atoms with Crippen LogP contribution in [0.3, 0.4) is 0 Å². The van der Waals surface area contributed by atoms with Crippen molar-refractivity contribution in [3.8, 4) is 44.3 Å². The van der Waals surface area contributed by atoms with Crippen molar-refractivity contribution < 1.29 is 27.0 Å². The third kappa shape index (κ3) is 11.8. The number of pyridine rings is 4. The third-order valence-corrected chi connectivity index (χ3v) is 13.0. The molecule has 0 atom stereocenters. The maximum atomic E-state index is 13.7. The standard InChI is InChI=1S/C17H16N.C15H14NS.C13H12F2N.C13H14N.CH4.H3N/c1-13-7-3-5-9-15(13)17-12-11-14-8-4-6-10-16(14)18(17)2;1-11-12-7-3-4-9-14(12)17-15(11)13-8-5-6-10-16(13)2;1-9-7-10(14)8-11(15)13(9)12-5-3-4-6-16(12)2;1-11-7-3-4-8-12(11)13-9-5-6-10-14(13)2;;/h3-12H,1-2H3;3-10H,1-2H3;3-8H,1-2H3;3-10H,1-2H3;1H4;1H3/q4*+1;;. The number of benzene rings is 5. The van der Waals surface area contributed by atoms with Crippen molar-refractivity contribution in [2.45, 2.75) is 35.1 Å². The van der Waals surface area contributed by atoms with Gasteiger partial charge in [-0.2, -0.15) is 4.57 Å². The number of hydrogen-bond acceptors (Lipinski definition) is 2. The average Bonchev–Trinajstić information content (AvgIpc) is 3.64. The number of nitrogens with zero attached hydrogens (tertiary/aromatic N) is 4. The van der Waals surface area contributed by atoms with Crippen LogP contribution < -0.4 is 24.4 Å². The predicted octanol–water partition coefficient (Wildman–Crippen LogP) is 13.4. The lowest BCUT2D eigenvalue weighted by Crippen LogP contribution is -2.32. The topological polar surface area (TPSA) is 50.5 Å². The molecule has 3 N–H and O–H groups in total. The van der Waals surface area contributed by atoms with Gasteiger partial charge in [-0.3, -0.25) is 0 Å². The van der Waals surface area contributed by atoms with Crippen LogP contribution in [0.2, 0.25) is 0 Å². The van der Waals surface area contributed by atoms with Gasteiger partial charge < -0.3 is 6.15 Å². The maximum absolute atomic E-state index is 13.7. The molecule has 0 amide bonds. The molecule has 340 valence electrons. The molecule has 0 saturated heterocycles. The highest BCUT2D eigenvalue weighted by atomic mass is 32.1. The molecule has 8 heteroatoms. The minimum atomic E-state index is -0.544. The Morgan fingerprint density at radius 1 is 0.448 bits per heavy atom. The lowest BCUT2D eigenvalue weighted by atomic mass is 10.0. The van der Waals surface area contributed by atoms with E-state index in [9.17, 15) is 8.78 Å². The molecule has 5 aromatic carbocycles. The highest BCUT2D eigenvalue weighted by Gasteiger charge is 2.19. The first-order valence-corrected chi connectivity index (χ1v) is 22.5. The highest BCUT2D eigenvalue weighted by Crippen LogP contribution is 2.36. The van der Waals surface area contributed by atoms with Crippen LogP contribution in [0.4, 0.5) is 8.78 Å². The Morgan fingerprint density at radius 2 is 0.940 bits per heavy atom. The molecule has 5 heterocycles. The van der Waals surface area contributed by atoms with Gasteiger partial charge in [-0.1, -0.05) is 74.2 Å². The zero-order valence-corrected chi connectivity index (χ0v) is 40.0. The quantitative estimate of drug-likeness (QED) is 0.176. The van der Waals surface area contributed by atoms with Crippen LogP contribution in [0.5, 0.6) is 0 Å². The predicted molar refractivity (Wildman–Crippen MR) is 276 cm³/mol. The molecule has 0 aliphatic carbocycles. The van der Waals surface area contributed by atoms with Crippen molar-refractivity contribution in [3.05, 3.63) is 228 Å². The Labute approximate surface area is 399 Å². The molecule has 5 nitrogen and oxygen atoms in total. The maximum Gasteiger partial charge on any atom is 0.222 e. The first-order chi connectivity index (χ1) is 31.4. The van der Waals surface area contributed by atoms with E-state index >= 15 is 0 Å². The van der Waals surface area contributed by atoms with Crippen molar-refractivity contribution >= 4 is 32.3 Å². The summed E-state index contributed by atoms with van der Waals surface area (Å²) >= 11 is 1.87. The molecule has 0 bridgehead atoms. The minimum Gasteiger partial charge on any atom is -0.344 e. The van der Waals surface area contributed by atoms with Gasteiger partial charge in [0.15, 0.2) is 18.6 Å². The molecule has 0 spiro atoms. The van der Waals surface area contributed by atoms with Gasteiger partial charge in [0.05, 0.1) is 5.56 Å². The summed E-state index contributed by atoms with van der Waals surface area (Å²) in [7, 11) is 8.13. The van der Waals surface area contributed by atoms with Crippen LogP contribution in [-0.4, -0.2) is 0 Å². The molecule has 0 fully saturated rings. The lowest BCUT2D eigenvalue weighted by molar-refractivity contribution is -0.660. The summed E-state index contributed by atoms with van der Waals surface area (Å²) in [5.41, 5.74) is 13.4. The van der Waals surface area contributed by atoms with Crippen LogP contribution in [0.1, 0.15) is 29.7 Å². The summed E-state index contributed by atoms with van der Waals surface area (Å²) < 4.78 is 36.5. The number of aromatic nitrogens is 4. The molecule has 10 rings (SSSR count). The fraction of sp³-hybridized carbons (Fsp3) is 0.153. The van der Waals surface area contributed by atoms with Gasteiger partial charge in [0.1, 0.15) is 44.7 Å². The van der Waals surface area contributed by atoms with E-state index in [1.807, 2.05) is 53.4 Å². The zero-order valence-electron chi connectivity index (χ0n) is 39.1. The summed E-state index contributed by atoms with van der Waals surface area (Å²) in [6.45, 7) is 8.21. The SMILES string of the molecule is C.Cc1c(-c2cccc[n+]2C)sc2ccccc12.Cc1cc(F)cc(F)c1-c1cccc[n+]1C.Cc1ccccc1-c1ccc2ccccc2[n+]1C.Cc1ccccc1-c1cccc[n+]1C.N. The fourth-order valence-electron chi connectivity index (χ4n) is 8.13. The molecular weight excluding hydrogens is 849 g/mol. The van der Waals surface area contributed by atoms with Crippen molar-refractivity contribution in [1.82, 2.24) is 6.15 Å². The number of halogens is 2. The van der Waals surface area contributed by atoms with Gasteiger partial charge in [0.25, 0.3) is 0 Å². The molecule has 0 saturated carbocycles. The van der Waals surface area contributed by atoms with E-state index in [4.69, 9.17) is 0 Å². The monoisotopic (exact) mass is 911 g/mol. The highest BCUT2D eigenvalue weighted by molar-refractivity contribution is 7.22. The van der Waals surface area contributed by atoms with Crippen LogP contribution in [0.25, 0.3) is 65.3 Å². The first-order valence-electron chi connectivity index (χ1n) is 21.7. The van der Waals surface area contributed by atoms with Gasteiger partial charge >= 0.3 is 0 Å². The molecule has 10 aromatic rings. The Hall–Kier alpha value is -7.26.